The van der Waals surface area contributed by atoms with Gasteiger partial charge in [-0.2, -0.15) is 10.2 Å². The van der Waals surface area contributed by atoms with E-state index in [1.54, 1.807) is 15.6 Å². The lowest BCUT2D eigenvalue weighted by Crippen LogP contribution is -2.05. The van der Waals surface area contributed by atoms with E-state index in [9.17, 15) is 0 Å². The molecule has 0 unspecified atom stereocenters. The minimum Gasteiger partial charge on any atom is -0.490 e. The van der Waals surface area contributed by atoms with Crippen LogP contribution in [0.25, 0.3) is 5.82 Å². The average molecular weight is 249 g/mol. The van der Waals surface area contributed by atoms with Crippen LogP contribution in [-0.4, -0.2) is 26.2 Å². The molecule has 18 heavy (non-hydrogen) atoms. The maximum Gasteiger partial charge on any atom is 0.175 e. The summed E-state index contributed by atoms with van der Waals surface area (Å²) in [6.45, 7) is 4.78. The SMILES string of the molecule is CCCOc1cnn(-c2c(N)c(CC)nn2C)c1. The fraction of sp³-hybridized carbons (Fsp3) is 0.500. The van der Waals surface area contributed by atoms with E-state index in [0.29, 0.717) is 12.3 Å². The zero-order valence-electron chi connectivity index (χ0n) is 11.1. The first kappa shape index (κ1) is 12.5. The predicted molar refractivity (Wildman–Crippen MR) is 69.9 cm³/mol. The van der Waals surface area contributed by atoms with Crippen LogP contribution < -0.4 is 10.5 Å². The van der Waals surface area contributed by atoms with Crippen LogP contribution in [0.3, 0.4) is 0 Å². The van der Waals surface area contributed by atoms with Crippen molar-refractivity contribution < 1.29 is 4.74 Å². The van der Waals surface area contributed by atoms with Crippen LogP contribution in [0.2, 0.25) is 0 Å². The fourth-order valence-corrected chi connectivity index (χ4v) is 1.84. The number of nitrogens with zero attached hydrogens (tertiary/aromatic N) is 4. The molecule has 0 amide bonds. The number of rotatable bonds is 5. The standard InChI is InChI=1S/C12H19N5O/c1-4-6-18-9-7-14-17(8-9)12-11(13)10(5-2)15-16(12)3/h7-8H,4-6,13H2,1-3H3. The largest absolute Gasteiger partial charge is 0.490 e. The van der Waals surface area contributed by atoms with E-state index < -0.39 is 0 Å². The maximum atomic E-state index is 6.07. The molecule has 0 atom stereocenters. The second-order valence-electron chi connectivity index (χ2n) is 4.13. The van der Waals surface area contributed by atoms with Gasteiger partial charge in [0.1, 0.15) is 5.69 Å². The number of nitrogens with two attached hydrogens (primary N) is 1. The van der Waals surface area contributed by atoms with Gasteiger partial charge >= 0.3 is 0 Å². The zero-order chi connectivity index (χ0) is 13.1. The Hall–Kier alpha value is -1.98. The van der Waals surface area contributed by atoms with Gasteiger partial charge in [-0.15, -0.1) is 0 Å². The van der Waals surface area contributed by atoms with Gasteiger partial charge in [0, 0.05) is 7.05 Å². The lowest BCUT2D eigenvalue weighted by molar-refractivity contribution is 0.317. The van der Waals surface area contributed by atoms with E-state index in [4.69, 9.17) is 10.5 Å². The molecule has 0 aliphatic carbocycles. The number of aryl methyl sites for hydroxylation is 2. The first-order valence-corrected chi connectivity index (χ1v) is 6.16. The molecule has 0 radical (unpaired) electrons. The molecule has 2 rings (SSSR count). The smallest absolute Gasteiger partial charge is 0.175 e. The highest BCUT2D eigenvalue weighted by atomic mass is 16.5. The molecule has 2 heterocycles. The molecule has 2 aromatic heterocycles. The van der Waals surface area contributed by atoms with Crippen molar-refractivity contribution in [1.82, 2.24) is 19.6 Å². The summed E-state index contributed by atoms with van der Waals surface area (Å²) in [5.74, 6) is 1.52. The molecule has 0 spiro atoms. The molecule has 0 bridgehead atoms. The Kier molecular flexibility index (Phi) is 3.55. The third-order valence-electron chi connectivity index (χ3n) is 2.71. The summed E-state index contributed by atoms with van der Waals surface area (Å²) < 4.78 is 8.96. The van der Waals surface area contributed by atoms with Gasteiger partial charge in [-0.25, -0.2) is 9.36 Å². The molecule has 0 aliphatic heterocycles. The highest BCUT2D eigenvalue weighted by molar-refractivity contribution is 5.57. The monoisotopic (exact) mass is 249 g/mol. The third-order valence-corrected chi connectivity index (χ3v) is 2.71. The van der Waals surface area contributed by atoms with Crippen molar-refractivity contribution >= 4 is 5.69 Å². The summed E-state index contributed by atoms with van der Waals surface area (Å²) >= 11 is 0. The molecule has 98 valence electrons. The zero-order valence-corrected chi connectivity index (χ0v) is 11.1. The Labute approximate surface area is 106 Å². The van der Waals surface area contributed by atoms with Gasteiger partial charge in [-0.1, -0.05) is 13.8 Å². The Morgan fingerprint density at radius 1 is 1.39 bits per heavy atom. The third kappa shape index (κ3) is 2.18. The van der Waals surface area contributed by atoms with Gasteiger partial charge in [0.05, 0.1) is 24.7 Å². The van der Waals surface area contributed by atoms with Crippen molar-refractivity contribution in [3.8, 4) is 11.6 Å². The van der Waals surface area contributed by atoms with Gasteiger partial charge in [0.25, 0.3) is 0 Å². The summed E-state index contributed by atoms with van der Waals surface area (Å²) in [6.07, 6.45) is 5.29. The van der Waals surface area contributed by atoms with E-state index in [-0.39, 0.29) is 0 Å². The first-order valence-electron chi connectivity index (χ1n) is 6.16. The highest BCUT2D eigenvalue weighted by Crippen LogP contribution is 2.22. The van der Waals surface area contributed by atoms with Crippen molar-refractivity contribution in [2.75, 3.05) is 12.3 Å². The molecule has 6 heteroatoms. The molecule has 0 saturated carbocycles. The van der Waals surface area contributed by atoms with Gasteiger partial charge in [-0.3, -0.25) is 0 Å². The first-order chi connectivity index (χ1) is 8.67. The fourth-order valence-electron chi connectivity index (χ4n) is 1.84. The molecule has 0 fully saturated rings. The number of anilines is 1. The van der Waals surface area contributed by atoms with Crippen LogP contribution in [0, 0.1) is 0 Å². The number of ether oxygens (including phenoxy) is 1. The van der Waals surface area contributed by atoms with Crippen LogP contribution in [-0.2, 0) is 13.5 Å². The molecule has 0 saturated heterocycles. The second-order valence-corrected chi connectivity index (χ2v) is 4.13. The highest BCUT2D eigenvalue weighted by Gasteiger charge is 2.14. The lowest BCUT2D eigenvalue weighted by atomic mass is 10.3. The van der Waals surface area contributed by atoms with Crippen molar-refractivity contribution in [3.63, 3.8) is 0 Å². The molecule has 0 aromatic carbocycles. The van der Waals surface area contributed by atoms with E-state index in [0.717, 1.165) is 30.1 Å². The predicted octanol–water partition coefficient (Wildman–Crippen LogP) is 1.54. The number of nitrogen functional groups attached to an aromatic ring is 1. The van der Waals surface area contributed by atoms with Gasteiger partial charge < -0.3 is 10.5 Å². The van der Waals surface area contributed by atoms with Crippen LogP contribution in [0.5, 0.6) is 5.75 Å². The van der Waals surface area contributed by atoms with E-state index in [1.807, 2.05) is 20.2 Å². The Morgan fingerprint density at radius 3 is 2.78 bits per heavy atom. The van der Waals surface area contributed by atoms with E-state index in [2.05, 4.69) is 17.1 Å². The maximum absolute atomic E-state index is 6.07. The number of hydrogen-bond acceptors (Lipinski definition) is 4. The van der Waals surface area contributed by atoms with Crippen LogP contribution in [0.15, 0.2) is 12.4 Å². The minimum absolute atomic E-state index is 0.671. The molecule has 2 aromatic rings. The van der Waals surface area contributed by atoms with Crippen LogP contribution >= 0.6 is 0 Å². The van der Waals surface area contributed by atoms with E-state index >= 15 is 0 Å². The summed E-state index contributed by atoms with van der Waals surface area (Å²) in [7, 11) is 1.86. The van der Waals surface area contributed by atoms with Crippen molar-refractivity contribution in [3.05, 3.63) is 18.1 Å². The Bertz CT molecular complexity index is 529. The van der Waals surface area contributed by atoms with Crippen LogP contribution in [0.1, 0.15) is 26.0 Å². The van der Waals surface area contributed by atoms with Gasteiger partial charge in [-0.05, 0) is 12.8 Å². The summed E-state index contributed by atoms with van der Waals surface area (Å²) in [5.41, 5.74) is 7.63. The summed E-state index contributed by atoms with van der Waals surface area (Å²) in [4.78, 5) is 0. The van der Waals surface area contributed by atoms with Crippen LogP contribution in [0.4, 0.5) is 5.69 Å². The Balaban J connectivity index is 2.31. The number of aromatic nitrogens is 4. The molecular formula is C12H19N5O. The quantitative estimate of drug-likeness (QED) is 0.872. The molecule has 6 nitrogen and oxygen atoms in total. The lowest BCUT2D eigenvalue weighted by Gasteiger charge is -2.03. The van der Waals surface area contributed by atoms with E-state index in [1.165, 1.54) is 0 Å². The second kappa shape index (κ2) is 5.12. The normalized spacial score (nSPS) is 10.8. The minimum atomic E-state index is 0.671. The molecule has 0 aliphatic rings. The van der Waals surface area contributed by atoms with Gasteiger partial charge in [0.2, 0.25) is 0 Å². The molecular weight excluding hydrogens is 230 g/mol. The topological polar surface area (TPSA) is 70.9 Å². The number of hydrogen-bond donors (Lipinski definition) is 1. The van der Waals surface area contributed by atoms with Crippen molar-refractivity contribution in [2.24, 2.45) is 7.05 Å². The Morgan fingerprint density at radius 2 is 2.17 bits per heavy atom. The summed E-state index contributed by atoms with van der Waals surface area (Å²) in [6, 6.07) is 0. The van der Waals surface area contributed by atoms with Crippen molar-refractivity contribution in [1.29, 1.82) is 0 Å². The molecule has 2 N–H and O–H groups in total. The average Bonchev–Trinajstić information content (AvgIpc) is 2.91. The van der Waals surface area contributed by atoms with Crippen molar-refractivity contribution in [2.45, 2.75) is 26.7 Å². The summed E-state index contributed by atoms with van der Waals surface area (Å²) in [5, 5.41) is 8.63. The van der Waals surface area contributed by atoms with Gasteiger partial charge in [0.15, 0.2) is 11.6 Å².